The third kappa shape index (κ3) is 3.60. The lowest BCUT2D eigenvalue weighted by Crippen LogP contribution is -2.46. The fourth-order valence-electron chi connectivity index (χ4n) is 1.45. The van der Waals surface area contributed by atoms with Crippen LogP contribution in [0.25, 0.3) is 0 Å². The second kappa shape index (κ2) is 6.07. The van der Waals surface area contributed by atoms with Gasteiger partial charge in [0.25, 0.3) is 0 Å². The summed E-state index contributed by atoms with van der Waals surface area (Å²) in [6.45, 7) is 1.26. The molecule has 1 aromatic carbocycles. The predicted molar refractivity (Wildman–Crippen MR) is 66.7 cm³/mol. The second-order valence-electron chi connectivity index (χ2n) is 3.90. The molecular weight excluding hydrogens is 252 g/mol. The average Bonchev–Trinajstić information content (AvgIpc) is 2.36. The number of para-hydroxylation sites is 1. The van der Waals surface area contributed by atoms with Gasteiger partial charge in [0.1, 0.15) is 12.1 Å². The molecule has 5 N–H and O–H groups in total. The molecule has 0 radical (unpaired) electrons. The number of carbonyl (C=O) groups excluding carboxylic acids is 2. The van der Waals surface area contributed by atoms with E-state index in [4.69, 9.17) is 10.8 Å². The van der Waals surface area contributed by atoms with Crippen LogP contribution in [-0.4, -0.2) is 40.0 Å². The number of carboxylic acids is 1. The van der Waals surface area contributed by atoms with Crippen molar-refractivity contribution in [2.45, 2.75) is 19.1 Å². The van der Waals surface area contributed by atoms with Crippen LogP contribution in [0.3, 0.4) is 0 Å². The van der Waals surface area contributed by atoms with Gasteiger partial charge in [-0.3, -0.25) is 14.4 Å². The smallest absolute Gasteiger partial charge is 0.323 e. The van der Waals surface area contributed by atoms with Crippen LogP contribution in [0.15, 0.2) is 24.3 Å². The molecule has 0 spiro atoms. The van der Waals surface area contributed by atoms with Crippen LogP contribution in [0.1, 0.15) is 17.3 Å². The molecule has 1 rings (SSSR count). The minimum absolute atomic E-state index is 0.00176. The Bertz CT molecular complexity index is 515. The number of benzene rings is 1. The van der Waals surface area contributed by atoms with E-state index < -0.39 is 29.8 Å². The molecule has 0 bridgehead atoms. The highest BCUT2D eigenvalue weighted by atomic mass is 16.4. The molecule has 7 heteroatoms. The molecule has 0 aliphatic rings. The van der Waals surface area contributed by atoms with Crippen molar-refractivity contribution in [1.29, 1.82) is 0 Å². The maximum atomic E-state index is 11.9. The van der Waals surface area contributed by atoms with Gasteiger partial charge in [0, 0.05) is 12.5 Å². The largest absolute Gasteiger partial charge is 0.480 e. The van der Waals surface area contributed by atoms with Crippen LogP contribution in [-0.2, 0) is 9.59 Å². The van der Waals surface area contributed by atoms with E-state index in [9.17, 15) is 19.5 Å². The van der Waals surface area contributed by atoms with Gasteiger partial charge >= 0.3 is 5.97 Å². The minimum Gasteiger partial charge on any atom is -0.480 e. The monoisotopic (exact) mass is 266 g/mol. The van der Waals surface area contributed by atoms with Crippen LogP contribution in [0, 0.1) is 0 Å². The standard InChI is InChI=1S/C12H14N2O5/c1-6(15)14-8-5-3-2-4-7(8)10(16)11(17)9(13)12(18)19/h2-5,9,11,17H,13H2,1H3,(H,14,15)(H,18,19). The maximum Gasteiger partial charge on any atom is 0.323 e. The second-order valence-corrected chi connectivity index (χ2v) is 3.90. The first-order valence-electron chi connectivity index (χ1n) is 5.42. The van der Waals surface area contributed by atoms with Gasteiger partial charge in [0.15, 0.2) is 5.78 Å². The number of aliphatic carboxylic acids is 1. The Morgan fingerprint density at radius 2 is 1.84 bits per heavy atom. The number of amides is 1. The summed E-state index contributed by atoms with van der Waals surface area (Å²) in [5.41, 5.74) is 5.38. The fraction of sp³-hybridized carbons (Fsp3) is 0.250. The highest BCUT2D eigenvalue weighted by Gasteiger charge is 2.30. The third-order valence-corrected chi connectivity index (χ3v) is 2.40. The number of hydrogen-bond acceptors (Lipinski definition) is 5. The van der Waals surface area contributed by atoms with Gasteiger partial charge in [0.2, 0.25) is 5.91 Å². The Morgan fingerprint density at radius 1 is 1.26 bits per heavy atom. The van der Waals surface area contributed by atoms with Crippen molar-refractivity contribution in [2.75, 3.05) is 5.32 Å². The summed E-state index contributed by atoms with van der Waals surface area (Å²) in [5, 5.41) is 20.7. The predicted octanol–water partition coefficient (Wildman–Crippen LogP) is -0.400. The molecule has 0 saturated carbocycles. The van der Waals surface area contributed by atoms with Crippen LogP contribution in [0.2, 0.25) is 0 Å². The summed E-state index contributed by atoms with van der Waals surface area (Å²) < 4.78 is 0. The minimum atomic E-state index is -1.88. The van der Waals surface area contributed by atoms with Gasteiger partial charge in [-0.25, -0.2) is 0 Å². The van der Waals surface area contributed by atoms with Crippen molar-refractivity contribution in [3.8, 4) is 0 Å². The molecule has 0 saturated heterocycles. The number of aliphatic hydroxyl groups is 1. The number of nitrogens with two attached hydrogens (primary N) is 1. The lowest BCUT2D eigenvalue weighted by Gasteiger charge is -2.16. The van der Waals surface area contributed by atoms with E-state index in [2.05, 4.69) is 5.32 Å². The van der Waals surface area contributed by atoms with Gasteiger partial charge < -0.3 is 21.3 Å². The molecular formula is C12H14N2O5. The van der Waals surface area contributed by atoms with Crippen molar-refractivity contribution < 1.29 is 24.6 Å². The number of rotatable bonds is 5. The van der Waals surface area contributed by atoms with Crippen LogP contribution in [0.5, 0.6) is 0 Å². The zero-order chi connectivity index (χ0) is 14.6. The Kier molecular flexibility index (Phi) is 4.74. The summed E-state index contributed by atoms with van der Waals surface area (Å²) in [6, 6.07) is 4.22. The Labute approximate surface area is 109 Å². The summed E-state index contributed by atoms with van der Waals surface area (Å²) in [5.74, 6) is -2.74. The van der Waals surface area contributed by atoms with Gasteiger partial charge in [-0.2, -0.15) is 0 Å². The van der Waals surface area contributed by atoms with E-state index in [1.165, 1.54) is 25.1 Å². The topological polar surface area (TPSA) is 130 Å². The molecule has 0 aliphatic carbocycles. The number of Topliss-reactive ketones (excluding diaryl/α,β-unsaturated/α-hetero) is 1. The summed E-state index contributed by atoms with van der Waals surface area (Å²) in [7, 11) is 0. The van der Waals surface area contributed by atoms with Crippen LogP contribution >= 0.6 is 0 Å². The molecule has 19 heavy (non-hydrogen) atoms. The Balaban J connectivity index is 3.05. The van der Waals surface area contributed by atoms with Gasteiger partial charge in [-0.15, -0.1) is 0 Å². The molecule has 7 nitrogen and oxygen atoms in total. The first kappa shape index (κ1) is 14.8. The Hall–Kier alpha value is -2.25. The molecule has 102 valence electrons. The van der Waals surface area contributed by atoms with Crippen LogP contribution in [0.4, 0.5) is 5.69 Å². The highest BCUT2D eigenvalue weighted by molar-refractivity contribution is 6.08. The summed E-state index contributed by atoms with van der Waals surface area (Å²) in [6.07, 6.45) is -1.88. The number of hydrogen-bond donors (Lipinski definition) is 4. The quantitative estimate of drug-likeness (QED) is 0.536. The van der Waals surface area contributed by atoms with Gasteiger partial charge in [-0.05, 0) is 12.1 Å². The number of nitrogens with one attached hydrogen (secondary N) is 1. The third-order valence-electron chi connectivity index (χ3n) is 2.40. The first-order chi connectivity index (χ1) is 8.84. The molecule has 0 heterocycles. The maximum absolute atomic E-state index is 11.9. The van der Waals surface area contributed by atoms with Crippen molar-refractivity contribution >= 4 is 23.3 Å². The lowest BCUT2D eigenvalue weighted by molar-refractivity contribution is -0.140. The molecule has 2 atom stereocenters. The van der Waals surface area contributed by atoms with Crippen molar-refractivity contribution in [1.82, 2.24) is 0 Å². The van der Waals surface area contributed by atoms with Gasteiger partial charge in [-0.1, -0.05) is 12.1 Å². The van der Waals surface area contributed by atoms with Crippen molar-refractivity contribution in [3.63, 3.8) is 0 Å². The fourth-order valence-corrected chi connectivity index (χ4v) is 1.45. The van der Waals surface area contributed by atoms with Crippen molar-refractivity contribution in [3.05, 3.63) is 29.8 Å². The Morgan fingerprint density at radius 3 is 2.37 bits per heavy atom. The highest BCUT2D eigenvalue weighted by Crippen LogP contribution is 2.17. The molecule has 1 amide bonds. The first-order valence-corrected chi connectivity index (χ1v) is 5.42. The summed E-state index contributed by atoms with van der Waals surface area (Å²) in [4.78, 5) is 33.6. The van der Waals surface area contributed by atoms with Gasteiger partial charge in [0.05, 0.1) is 5.69 Å². The number of carbonyl (C=O) groups is 3. The van der Waals surface area contributed by atoms with E-state index in [1.54, 1.807) is 6.07 Å². The zero-order valence-corrected chi connectivity index (χ0v) is 10.2. The zero-order valence-electron chi connectivity index (χ0n) is 10.2. The summed E-state index contributed by atoms with van der Waals surface area (Å²) >= 11 is 0. The van der Waals surface area contributed by atoms with Crippen molar-refractivity contribution in [2.24, 2.45) is 5.73 Å². The number of aliphatic hydroxyl groups excluding tert-OH is 1. The molecule has 0 aromatic heterocycles. The average molecular weight is 266 g/mol. The number of anilines is 1. The number of ketones is 1. The van der Waals surface area contributed by atoms with E-state index in [1.807, 2.05) is 0 Å². The van der Waals surface area contributed by atoms with Crippen LogP contribution < -0.4 is 11.1 Å². The number of carboxylic acid groups (broad SMARTS) is 1. The normalized spacial score (nSPS) is 13.4. The lowest BCUT2D eigenvalue weighted by atomic mass is 9.99. The van der Waals surface area contributed by atoms with E-state index in [-0.39, 0.29) is 11.3 Å². The van der Waals surface area contributed by atoms with E-state index in [0.29, 0.717) is 0 Å². The van der Waals surface area contributed by atoms with E-state index >= 15 is 0 Å². The molecule has 2 unspecified atom stereocenters. The SMILES string of the molecule is CC(=O)Nc1ccccc1C(=O)C(O)C(N)C(=O)O. The molecule has 0 aliphatic heterocycles. The van der Waals surface area contributed by atoms with E-state index in [0.717, 1.165) is 0 Å². The molecule has 1 aromatic rings. The molecule has 0 fully saturated rings.